The van der Waals surface area contributed by atoms with Crippen molar-refractivity contribution in [3.63, 3.8) is 0 Å². The van der Waals surface area contributed by atoms with Crippen LogP contribution in [0.1, 0.15) is 85.0 Å². The molecule has 1 saturated carbocycles. The Morgan fingerprint density at radius 2 is 1.47 bits per heavy atom. The number of nitrogens with two attached hydrogens (primary N) is 1. The molecule has 0 atom stereocenters. The Labute approximate surface area is 120 Å². The van der Waals surface area contributed by atoms with Gasteiger partial charge in [-0.1, -0.05) is 52.9 Å². The molecular formula is C17H35NO. The summed E-state index contributed by atoms with van der Waals surface area (Å²) < 4.78 is 6.19. The van der Waals surface area contributed by atoms with Gasteiger partial charge in [0.05, 0.1) is 5.60 Å². The van der Waals surface area contributed by atoms with E-state index in [9.17, 15) is 0 Å². The van der Waals surface area contributed by atoms with Gasteiger partial charge in [-0.3, -0.25) is 0 Å². The predicted octanol–water partition coefficient (Wildman–Crippen LogP) is 4.66. The van der Waals surface area contributed by atoms with Crippen LogP contribution in [0, 0.1) is 5.41 Å². The van der Waals surface area contributed by atoms with Crippen LogP contribution >= 0.6 is 0 Å². The van der Waals surface area contributed by atoms with Crippen molar-refractivity contribution in [3.05, 3.63) is 0 Å². The maximum Gasteiger partial charge on any atom is 0.0804 e. The molecule has 1 aliphatic carbocycles. The quantitative estimate of drug-likeness (QED) is 0.618. The molecule has 19 heavy (non-hydrogen) atoms. The van der Waals surface area contributed by atoms with E-state index in [0.717, 1.165) is 19.4 Å². The molecule has 0 aromatic heterocycles. The lowest BCUT2D eigenvalue weighted by atomic mass is 9.71. The van der Waals surface area contributed by atoms with Gasteiger partial charge in [0.2, 0.25) is 0 Å². The van der Waals surface area contributed by atoms with Gasteiger partial charge in [-0.25, -0.2) is 0 Å². The number of ether oxygens (including phenoxy) is 1. The fourth-order valence-corrected chi connectivity index (χ4v) is 2.96. The molecule has 1 rings (SSSR count). The van der Waals surface area contributed by atoms with Gasteiger partial charge >= 0.3 is 0 Å². The van der Waals surface area contributed by atoms with Gasteiger partial charge in [-0.15, -0.1) is 0 Å². The first kappa shape index (κ1) is 17.0. The highest BCUT2D eigenvalue weighted by Gasteiger charge is 2.37. The molecule has 0 aliphatic heterocycles. The van der Waals surface area contributed by atoms with Crippen LogP contribution in [-0.4, -0.2) is 18.8 Å². The van der Waals surface area contributed by atoms with Crippen molar-refractivity contribution >= 4 is 0 Å². The number of hydrogen-bond acceptors (Lipinski definition) is 2. The minimum absolute atomic E-state index is 0.00105. The van der Waals surface area contributed by atoms with E-state index < -0.39 is 0 Å². The smallest absolute Gasteiger partial charge is 0.0804 e. The Morgan fingerprint density at radius 1 is 0.895 bits per heavy atom. The van der Waals surface area contributed by atoms with E-state index in [2.05, 4.69) is 20.8 Å². The topological polar surface area (TPSA) is 35.2 Å². The first-order chi connectivity index (χ1) is 9.04. The molecule has 0 radical (unpaired) electrons. The summed E-state index contributed by atoms with van der Waals surface area (Å²) in [5.74, 6) is 0. The summed E-state index contributed by atoms with van der Waals surface area (Å²) in [5.41, 5.74) is 6.47. The zero-order valence-corrected chi connectivity index (χ0v) is 13.5. The fourth-order valence-electron chi connectivity index (χ4n) is 2.96. The average Bonchev–Trinajstić information content (AvgIpc) is 2.40. The molecule has 2 heteroatoms. The van der Waals surface area contributed by atoms with Crippen molar-refractivity contribution < 1.29 is 4.74 Å². The molecule has 0 unspecified atom stereocenters. The summed E-state index contributed by atoms with van der Waals surface area (Å²) >= 11 is 0. The van der Waals surface area contributed by atoms with Crippen molar-refractivity contribution in [1.29, 1.82) is 0 Å². The second kappa shape index (κ2) is 8.26. The van der Waals surface area contributed by atoms with Crippen molar-refractivity contribution in [2.75, 3.05) is 13.2 Å². The maximum atomic E-state index is 6.19. The fraction of sp³-hybridized carbons (Fsp3) is 1.00. The second-order valence-electron chi connectivity index (χ2n) is 7.17. The third-order valence-electron chi connectivity index (χ3n) is 4.79. The van der Waals surface area contributed by atoms with Crippen molar-refractivity contribution in [2.45, 2.75) is 90.6 Å². The molecule has 0 aromatic carbocycles. The normalized spacial score (nSPS) is 21.5. The summed E-state index contributed by atoms with van der Waals surface area (Å²) in [5, 5.41) is 0. The first-order valence-electron chi connectivity index (χ1n) is 8.38. The second-order valence-corrected chi connectivity index (χ2v) is 7.17. The molecule has 0 bridgehead atoms. The van der Waals surface area contributed by atoms with Crippen molar-refractivity contribution in [3.8, 4) is 0 Å². The van der Waals surface area contributed by atoms with Crippen LogP contribution in [-0.2, 0) is 4.74 Å². The lowest BCUT2D eigenvalue weighted by molar-refractivity contribution is -0.0822. The highest BCUT2D eigenvalue weighted by atomic mass is 16.5. The zero-order chi connectivity index (χ0) is 14.2. The standard InChI is InChI=1S/C17H35NO/c1-4-5-6-7-8-9-14-19-17(15-18)12-10-16(2,3)11-13-17/h4-15,18H2,1-3H3. The van der Waals surface area contributed by atoms with Gasteiger partial charge < -0.3 is 10.5 Å². The zero-order valence-electron chi connectivity index (χ0n) is 13.5. The summed E-state index contributed by atoms with van der Waals surface area (Å²) in [7, 11) is 0. The maximum absolute atomic E-state index is 6.19. The first-order valence-corrected chi connectivity index (χ1v) is 8.38. The predicted molar refractivity (Wildman–Crippen MR) is 83.4 cm³/mol. The molecule has 0 spiro atoms. The van der Waals surface area contributed by atoms with Gasteiger partial charge in [0.25, 0.3) is 0 Å². The van der Waals surface area contributed by atoms with Gasteiger partial charge in [0.1, 0.15) is 0 Å². The molecule has 1 aliphatic rings. The molecule has 114 valence electrons. The summed E-state index contributed by atoms with van der Waals surface area (Å²) in [4.78, 5) is 0. The Bertz CT molecular complexity index is 227. The van der Waals surface area contributed by atoms with E-state index >= 15 is 0 Å². The molecule has 2 nitrogen and oxygen atoms in total. The Hall–Kier alpha value is -0.0800. The molecule has 0 aromatic rings. The van der Waals surface area contributed by atoms with Crippen molar-refractivity contribution in [2.24, 2.45) is 11.1 Å². The minimum Gasteiger partial charge on any atom is -0.374 e. The van der Waals surface area contributed by atoms with Crippen molar-refractivity contribution in [1.82, 2.24) is 0 Å². The van der Waals surface area contributed by atoms with E-state index in [1.807, 2.05) is 0 Å². The largest absolute Gasteiger partial charge is 0.374 e. The van der Waals surface area contributed by atoms with Crippen LogP contribution in [0.3, 0.4) is 0 Å². The van der Waals surface area contributed by atoms with E-state index in [1.165, 1.54) is 51.4 Å². The molecule has 2 N–H and O–H groups in total. The number of rotatable bonds is 9. The van der Waals surface area contributed by atoms with Gasteiger partial charge in [-0.05, 0) is 37.5 Å². The lowest BCUT2D eigenvalue weighted by Crippen LogP contribution is -2.45. The van der Waals surface area contributed by atoms with Crippen LogP contribution in [0.2, 0.25) is 0 Å². The van der Waals surface area contributed by atoms with Crippen LogP contribution in [0.5, 0.6) is 0 Å². The number of unbranched alkanes of at least 4 members (excludes halogenated alkanes) is 5. The molecular weight excluding hydrogens is 234 g/mol. The number of hydrogen-bond donors (Lipinski definition) is 1. The van der Waals surface area contributed by atoms with E-state index in [0.29, 0.717) is 12.0 Å². The van der Waals surface area contributed by atoms with Crippen LogP contribution in [0.25, 0.3) is 0 Å². The lowest BCUT2D eigenvalue weighted by Gasteiger charge is -2.42. The third kappa shape index (κ3) is 6.27. The van der Waals surface area contributed by atoms with E-state index in [-0.39, 0.29) is 5.60 Å². The molecule has 0 amide bonds. The minimum atomic E-state index is -0.00105. The molecule has 0 heterocycles. The van der Waals surface area contributed by atoms with E-state index in [1.54, 1.807) is 0 Å². The van der Waals surface area contributed by atoms with E-state index in [4.69, 9.17) is 10.5 Å². The highest BCUT2D eigenvalue weighted by molar-refractivity contribution is 4.91. The summed E-state index contributed by atoms with van der Waals surface area (Å²) in [6.45, 7) is 8.59. The Kier molecular flexibility index (Phi) is 7.38. The molecule has 0 saturated heterocycles. The highest BCUT2D eigenvalue weighted by Crippen LogP contribution is 2.41. The van der Waals surface area contributed by atoms with Crippen LogP contribution in [0.15, 0.2) is 0 Å². The summed E-state index contributed by atoms with van der Waals surface area (Å²) in [6.07, 6.45) is 12.7. The average molecular weight is 269 g/mol. The van der Waals surface area contributed by atoms with Gasteiger partial charge in [0, 0.05) is 13.2 Å². The Balaban J connectivity index is 2.15. The van der Waals surface area contributed by atoms with Crippen LogP contribution < -0.4 is 5.73 Å². The monoisotopic (exact) mass is 269 g/mol. The Morgan fingerprint density at radius 3 is 2.05 bits per heavy atom. The van der Waals surface area contributed by atoms with Gasteiger partial charge in [0.15, 0.2) is 0 Å². The van der Waals surface area contributed by atoms with Crippen LogP contribution in [0.4, 0.5) is 0 Å². The van der Waals surface area contributed by atoms with Gasteiger partial charge in [-0.2, -0.15) is 0 Å². The summed E-state index contributed by atoms with van der Waals surface area (Å²) in [6, 6.07) is 0. The molecule has 1 fully saturated rings. The third-order valence-corrected chi connectivity index (χ3v) is 4.79. The SMILES string of the molecule is CCCCCCCCOC1(CN)CCC(C)(C)CC1.